The van der Waals surface area contributed by atoms with Gasteiger partial charge in [-0.15, -0.1) is 0 Å². The highest BCUT2D eigenvalue weighted by Gasteiger charge is 2.43. The fraction of sp³-hybridized carbons (Fsp3) is 0.600. The number of aromatic nitrogens is 2. The third-order valence-electron chi connectivity index (χ3n) is 3.41. The second-order valence-electron chi connectivity index (χ2n) is 4.22. The molecule has 2 unspecified atom stereocenters. The van der Waals surface area contributed by atoms with Crippen molar-refractivity contribution < 1.29 is 4.79 Å². The molecule has 0 radical (unpaired) electrons. The third-order valence-corrected chi connectivity index (χ3v) is 3.41. The second-order valence-corrected chi connectivity index (χ2v) is 4.22. The zero-order valence-corrected chi connectivity index (χ0v) is 7.66. The average Bonchev–Trinajstić information content (AvgIpc) is 2.83. The fourth-order valence-electron chi connectivity index (χ4n) is 2.52. The van der Waals surface area contributed by atoms with Gasteiger partial charge >= 0.3 is 0 Å². The molecular weight excluding hydrogens is 164 g/mol. The van der Waals surface area contributed by atoms with Gasteiger partial charge in [0.1, 0.15) is 5.69 Å². The Balaban J connectivity index is 2.13. The van der Waals surface area contributed by atoms with Gasteiger partial charge in [0.15, 0.2) is 6.29 Å². The fourth-order valence-corrected chi connectivity index (χ4v) is 2.52. The Hall–Kier alpha value is -1.12. The lowest BCUT2D eigenvalue weighted by Gasteiger charge is -2.10. The summed E-state index contributed by atoms with van der Waals surface area (Å²) in [5.74, 6) is 1.75. The third kappa shape index (κ3) is 0.900. The first kappa shape index (κ1) is 7.30. The zero-order valence-electron chi connectivity index (χ0n) is 7.66. The molecule has 1 aromatic heterocycles. The normalized spacial score (nSPS) is 29.3. The van der Waals surface area contributed by atoms with Crippen molar-refractivity contribution in [2.24, 2.45) is 18.9 Å². The van der Waals surface area contributed by atoms with Gasteiger partial charge < -0.3 is 0 Å². The molecule has 0 spiro atoms. The molecule has 1 aromatic rings. The topological polar surface area (TPSA) is 34.9 Å². The van der Waals surface area contributed by atoms with Gasteiger partial charge in [-0.2, -0.15) is 5.10 Å². The Labute approximate surface area is 76.7 Å². The van der Waals surface area contributed by atoms with Gasteiger partial charge in [0.25, 0.3) is 0 Å². The Bertz CT molecular complexity index is 381. The molecule has 3 heteroatoms. The van der Waals surface area contributed by atoms with Gasteiger partial charge in [0, 0.05) is 18.3 Å². The largest absolute Gasteiger partial charge is 0.296 e. The molecule has 1 heterocycles. The second kappa shape index (κ2) is 2.22. The molecule has 0 bridgehead atoms. The average molecular weight is 176 g/mol. The molecule has 3 nitrogen and oxygen atoms in total. The number of fused-ring (bicyclic) bond motifs is 2. The van der Waals surface area contributed by atoms with Gasteiger partial charge in [0.2, 0.25) is 0 Å². The summed E-state index contributed by atoms with van der Waals surface area (Å²) in [4.78, 5) is 10.7. The van der Waals surface area contributed by atoms with Crippen molar-refractivity contribution in [3.8, 4) is 0 Å². The van der Waals surface area contributed by atoms with Crippen LogP contribution in [0.4, 0.5) is 0 Å². The minimum absolute atomic E-state index is 0.669. The van der Waals surface area contributed by atoms with Crippen LogP contribution in [0, 0.1) is 11.8 Å². The quantitative estimate of drug-likeness (QED) is 0.597. The van der Waals surface area contributed by atoms with E-state index in [4.69, 9.17) is 0 Å². The molecule has 0 saturated heterocycles. The van der Waals surface area contributed by atoms with E-state index in [-0.39, 0.29) is 0 Å². The van der Waals surface area contributed by atoms with Gasteiger partial charge in [-0.1, -0.05) is 0 Å². The summed E-state index contributed by atoms with van der Waals surface area (Å²) in [6.07, 6.45) is 4.47. The van der Waals surface area contributed by atoms with Crippen LogP contribution in [-0.4, -0.2) is 16.1 Å². The van der Waals surface area contributed by atoms with Crippen LogP contribution >= 0.6 is 0 Å². The summed E-state index contributed by atoms with van der Waals surface area (Å²) in [5.41, 5.74) is 3.18. The molecule has 0 amide bonds. The van der Waals surface area contributed by atoms with E-state index in [1.54, 1.807) is 0 Å². The van der Waals surface area contributed by atoms with Crippen molar-refractivity contribution in [2.75, 3.05) is 0 Å². The highest BCUT2D eigenvalue weighted by molar-refractivity contribution is 5.75. The van der Waals surface area contributed by atoms with E-state index in [1.807, 2.05) is 11.7 Å². The summed E-state index contributed by atoms with van der Waals surface area (Å²) >= 11 is 0. The minimum atomic E-state index is 0.669. The number of hydrogen-bond acceptors (Lipinski definition) is 2. The van der Waals surface area contributed by atoms with Gasteiger partial charge in [-0.05, 0) is 31.1 Å². The van der Waals surface area contributed by atoms with E-state index in [0.29, 0.717) is 5.69 Å². The van der Waals surface area contributed by atoms with Crippen molar-refractivity contribution in [2.45, 2.75) is 19.3 Å². The predicted octanol–water partition coefficient (Wildman–Crippen LogP) is 0.967. The van der Waals surface area contributed by atoms with Crippen LogP contribution in [0.5, 0.6) is 0 Å². The van der Waals surface area contributed by atoms with Crippen LogP contribution in [0.2, 0.25) is 0 Å². The smallest absolute Gasteiger partial charge is 0.170 e. The molecule has 1 saturated carbocycles. The van der Waals surface area contributed by atoms with E-state index >= 15 is 0 Å². The van der Waals surface area contributed by atoms with Crippen molar-refractivity contribution in [1.82, 2.24) is 9.78 Å². The number of nitrogens with zero attached hydrogens (tertiary/aromatic N) is 2. The monoisotopic (exact) mass is 176 g/mol. The maximum absolute atomic E-state index is 10.7. The highest BCUT2D eigenvalue weighted by Crippen LogP contribution is 2.48. The number of hydrogen-bond donors (Lipinski definition) is 0. The first-order valence-electron chi connectivity index (χ1n) is 4.79. The van der Waals surface area contributed by atoms with Crippen LogP contribution in [0.3, 0.4) is 0 Å². The van der Waals surface area contributed by atoms with Crippen molar-refractivity contribution in [3.63, 3.8) is 0 Å². The standard InChI is InChI=1S/C10H12N2O/c1-12-10-4-7-2-6(7)3-8(10)9(5-13)11-12/h5-7H,2-4H2,1H3. The van der Waals surface area contributed by atoms with E-state index in [2.05, 4.69) is 5.10 Å². The maximum Gasteiger partial charge on any atom is 0.170 e. The predicted molar refractivity (Wildman–Crippen MR) is 47.6 cm³/mol. The van der Waals surface area contributed by atoms with Gasteiger partial charge in [-0.3, -0.25) is 9.48 Å². The Kier molecular flexibility index (Phi) is 1.25. The van der Waals surface area contributed by atoms with Crippen LogP contribution in [-0.2, 0) is 19.9 Å². The molecule has 1 fully saturated rings. The molecule has 13 heavy (non-hydrogen) atoms. The molecule has 2 aliphatic carbocycles. The van der Waals surface area contributed by atoms with E-state index < -0.39 is 0 Å². The van der Waals surface area contributed by atoms with Crippen LogP contribution in [0.15, 0.2) is 0 Å². The maximum atomic E-state index is 10.7. The number of carbonyl (C=O) groups is 1. The van der Waals surface area contributed by atoms with Crippen molar-refractivity contribution >= 4 is 6.29 Å². The molecular formula is C10H12N2O. The summed E-state index contributed by atoms with van der Waals surface area (Å²) in [6, 6.07) is 0. The first-order chi connectivity index (χ1) is 6.29. The number of rotatable bonds is 1. The van der Waals surface area contributed by atoms with Crippen molar-refractivity contribution in [3.05, 3.63) is 17.0 Å². The lowest BCUT2D eigenvalue weighted by molar-refractivity contribution is 0.111. The molecule has 0 aliphatic heterocycles. The van der Waals surface area contributed by atoms with Crippen LogP contribution < -0.4 is 0 Å². The Morgan fingerprint density at radius 3 is 3.00 bits per heavy atom. The molecule has 0 N–H and O–H groups in total. The number of aldehydes is 1. The molecule has 2 atom stereocenters. The van der Waals surface area contributed by atoms with Crippen LogP contribution in [0.25, 0.3) is 0 Å². The van der Waals surface area contributed by atoms with E-state index in [0.717, 1.165) is 31.0 Å². The van der Waals surface area contributed by atoms with E-state index in [1.165, 1.54) is 17.7 Å². The summed E-state index contributed by atoms with van der Waals surface area (Å²) in [6.45, 7) is 0. The zero-order chi connectivity index (χ0) is 9.00. The molecule has 0 aromatic carbocycles. The summed E-state index contributed by atoms with van der Waals surface area (Å²) in [5, 5.41) is 4.21. The Morgan fingerprint density at radius 1 is 1.46 bits per heavy atom. The first-order valence-corrected chi connectivity index (χ1v) is 4.79. The van der Waals surface area contributed by atoms with Crippen molar-refractivity contribution in [1.29, 1.82) is 0 Å². The molecule has 3 rings (SSSR count). The highest BCUT2D eigenvalue weighted by atomic mass is 16.1. The van der Waals surface area contributed by atoms with Gasteiger partial charge in [-0.25, -0.2) is 0 Å². The minimum Gasteiger partial charge on any atom is -0.296 e. The van der Waals surface area contributed by atoms with E-state index in [9.17, 15) is 4.79 Å². The Morgan fingerprint density at radius 2 is 2.23 bits per heavy atom. The van der Waals surface area contributed by atoms with Crippen LogP contribution in [0.1, 0.15) is 28.2 Å². The summed E-state index contributed by atoms with van der Waals surface area (Å²) < 4.78 is 1.88. The number of carbonyl (C=O) groups excluding carboxylic acids is 1. The lowest BCUT2D eigenvalue weighted by Crippen LogP contribution is -2.08. The number of aryl methyl sites for hydroxylation is 1. The summed E-state index contributed by atoms with van der Waals surface area (Å²) in [7, 11) is 1.94. The molecule has 2 aliphatic rings. The van der Waals surface area contributed by atoms with Gasteiger partial charge in [0.05, 0.1) is 0 Å². The molecule has 68 valence electrons. The SMILES string of the molecule is Cn1nc(C=O)c2c1CC1CC1C2. The lowest BCUT2D eigenvalue weighted by atomic mass is 9.96.